The number of nitrogens with two attached hydrogens (primary N) is 1. The van der Waals surface area contributed by atoms with Gasteiger partial charge in [0.2, 0.25) is 0 Å². The average Bonchev–Trinajstić information content (AvgIpc) is 2.73. The zero-order valence-electron chi connectivity index (χ0n) is 15.1. The summed E-state index contributed by atoms with van der Waals surface area (Å²) >= 11 is 0. The van der Waals surface area contributed by atoms with Gasteiger partial charge in [-0.3, -0.25) is 9.54 Å². The number of pyridine rings is 1. The summed E-state index contributed by atoms with van der Waals surface area (Å²) in [6.45, 7) is 0. The summed E-state index contributed by atoms with van der Waals surface area (Å²) in [4.78, 5) is 4.10. The predicted octanol–water partition coefficient (Wildman–Crippen LogP) is 5.15. The highest BCUT2D eigenvalue weighted by atomic mass is 32.2. The van der Waals surface area contributed by atoms with Crippen molar-refractivity contribution in [2.75, 3.05) is 5.73 Å². The first-order chi connectivity index (χ1) is 13.9. The Labute approximate surface area is 167 Å². The third-order valence-corrected chi connectivity index (χ3v) is 5.30. The van der Waals surface area contributed by atoms with Crippen molar-refractivity contribution >= 4 is 38.0 Å². The van der Waals surface area contributed by atoms with E-state index in [2.05, 4.69) is 15.2 Å². The summed E-state index contributed by atoms with van der Waals surface area (Å²) in [7, 11) is -4.47. The zero-order chi connectivity index (χ0) is 20.4. The predicted molar refractivity (Wildman–Crippen MR) is 112 cm³/mol. The molecule has 0 radical (unpaired) electrons. The van der Waals surface area contributed by atoms with E-state index in [9.17, 15) is 13.0 Å². The summed E-state index contributed by atoms with van der Waals surface area (Å²) < 4.78 is 33.3. The van der Waals surface area contributed by atoms with E-state index in [1.165, 1.54) is 6.07 Å². The lowest BCUT2D eigenvalue weighted by molar-refractivity contribution is 0.484. The molecule has 1 heterocycles. The molecule has 0 aliphatic heterocycles. The first-order valence-electron chi connectivity index (χ1n) is 8.66. The smallest absolute Gasteiger partial charge is 0.295 e. The molecule has 0 aliphatic carbocycles. The fraction of sp³-hybridized carbons (Fsp3) is 0. The van der Waals surface area contributed by atoms with E-state index in [0.29, 0.717) is 22.2 Å². The number of rotatable bonds is 4. The zero-order valence-corrected chi connectivity index (χ0v) is 15.9. The highest BCUT2D eigenvalue weighted by molar-refractivity contribution is 7.86. The molecule has 0 saturated carbocycles. The Morgan fingerprint density at radius 3 is 2.21 bits per heavy atom. The molecule has 8 heteroatoms. The average molecular weight is 404 g/mol. The van der Waals surface area contributed by atoms with Crippen LogP contribution in [0.5, 0.6) is 0 Å². The lowest BCUT2D eigenvalue weighted by Gasteiger charge is -2.09. The van der Waals surface area contributed by atoms with Crippen molar-refractivity contribution < 1.29 is 13.0 Å². The van der Waals surface area contributed by atoms with E-state index in [1.807, 2.05) is 30.3 Å². The number of hydrogen-bond donors (Lipinski definition) is 2. The number of anilines is 1. The molecule has 0 spiro atoms. The first kappa shape index (κ1) is 18.7. The highest BCUT2D eigenvalue weighted by Gasteiger charge is 2.18. The third kappa shape index (κ3) is 3.71. The van der Waals surface area contributed by atoms with E-state index in [4.69, 9.17) is 5.73 Å². The Morgan fingerprint density at radius 1 is 0.828 bits per heavy atom. The van der Waals surface area contributed by atoms with Gasteiger partial charge in [0.05, 0.1) is 11.4 Å². The van der Waals surface area contributed by atoms with Gasteiger partial charge in [0.25, 0.3) is 10.1 Å². The maximum atomic E-state index is 11.9. The molecule has 0 amide bonds. The number of hydrogen-bond acceptors (Lipinski definition) is 6. The van der Waals surface area contributed by atoms with Gasteiger partial charge in [-0.25, -0.2) is 0 Å². The second-order valence-corrected chi connectivity index (χ2v) is 7.66. The van der Waals surface area contributed by atoms with Crippen LogP contribution in [0.15, 0.2) is 94.1 Å². The number of benzene rings is 3. The molecule has 0 atom stereocenters. The number of fused-ring (bicyclic) bond motifs is 1. The minimum absolute atomic E-state index is 0.138. The van der Waals surface area contributed by atoms with Crippen molar-refractivity contribution in [3.05, 3.63) is 79.0 Å². The second-order valence-electron chi connectivity index (χ2n) is 6.27. The fourth-order valence-electron chi connectivity index (χ4n) is 3.05. The first-order valence-corrected chi connectivity index (χ1v) is 10.1. The lowest BCUT2D eigenvalue weighted by atomic mass is 10.1. The molecule has 7 nitrogen and oxygen atoms in total. The molecule has 4 rings (SSSR count). The monoisotopic (exact) mass is 404 g/mol. The van der Waals surface area contributed by atoms with Crippen LogP contribution in [0.3, 0.4) is 0 Å². The quantitative estimate of drug-likeness (QED) is 0.277. The van der Waals surface area contributed by atoms with Gasteiger partial charge in [-0.05, 0) is 18.2 Å². The maximum Gasteiger partial charge on any atom is 0.295 e. The van der Waals surface area contributed by atoms with Crippen LogP contribution in [-0.4, -0.2) is 18.0 Å². The standard InChI is InChI=1S/C21H16N4O3S/c22-20-16-10-5-4-9-15(16)19(29(26,27)28)13-18(20)25-24-17-11-6-12-23-21(17)14-7-2-1-3-8-14/h1-13H,22H2,(H,26,27,28). The van der Waals surface area contributed by atoms with Crippen LogP contribution < -0.4 is 5.73 Å². The van der Waals surface area contributed by atoms with Crippen LogP contribution in [0.25, 0.3) is 22.0 Å². The normalized spacial score (nSPS) is 11.9. The van der Waals surface area contributed by atoms with Crippen LogP contribution in [0.4, 0.5) is 17.1 Å². The van der Waals surface area contributed by atoms with Crippen LogP contribution >= 0.6 is 0 Å². The molecule has 0 bridgehead atoms. The number of azo groups is 1. The van der Waals surface area contributed by atoms with Crippen molar-refractivity contribution in [1.82, 2.24) is 4.98 Å². The van der Waals surface area contributed by atoms with Crippen LogP contribution in [0.2, 0.25) is 0 Å². The minimum atomic E-state index is -4.47. The summed E-state index contributed by atoms with van der Waals surface area (Å²) in [5.74, 6) is 0. The van der Waals surface area contributed by atoms with Gasteiger partial charge < -0.3 is 5.73 Å². The molecule has 29 heavy (non-hydrogen) atoms. The van der Waals surface area contributed by atoms with Gasteiger partial charge in [-0.2, -0.15) is 8.42 Å². The van der Waals surface area contributed by atoms with Gasteiger partial charge in [0.15, 0.2) is 0 Å². The molecule has 3 aromatic carbocycles. The summed E-state index contributed by atoms with van der Waals surface area (Å²) in [5.41, 5.74) is 8.60. The third-order valence-electron chi connectivity index (χ3n) is 4.40. The number of aromatic nitrogens is 1. The van der Waals surface area contributed by atoms with Gasteiger partial charge in [-0.1, -0.05) is 54.6 Å². The molecule has 4 aromatic rings. The lowest BCUT2D eigenvalue weighted by Crippen LogP contribution is -2.01. The molecule has 0 aliphatic rings. The Balaban J connectivity index is 1.86. The van der Waals surface area contributed by atoms with Gasteiger partial charge in [0, 0.05) is 22.5 Å². The van der Waals surface area contributed by atoms with Crippen LogP contribution in [0, 0.1) is 0 Å². The van der Waals surface area contributed by atoms with Crippen molar-refractivity contribution in [3.63, 3.8) is 0 Å². The highest BCUT2D eigenvalue weighted by Crippen LogP contribution is 2.37. The second kappa shape index (κ2) is 7.42. The van der Waals surface area contributed by atoms with Gasteiger partial charge in [-0.15, -0.1) is 10.2 Å². The van der Waals surface area contributed by atoms with Crippen molar-refractivity contribution in [2.45, 2.75) is 4.90 Å². The van der Waals surface area contributed by atoms with Crippen molar-refractivity contribution in [1.29, 1.82) is 0 Å². The van der Waals surface area contributed by atoms with Gasteiger partial charge in [0.1, 0.15) is 16.3 Å². The Bertz CT molecular complexity index is 1340. The fourth-order valence-corrected chi connectivity index (χ4v) is 3.77. The van der Waals surface area contributed by atoms with Crippen molar-refractivity contribution in [2.24, 2.45) is 10.2 Å². The number of nitrogens with zero attached hydrogens (tertiary/aromatic N) is 3. The summed E-state index contributed by atoms with van der Waals surface area (Å²) in [6, 6.07) is 20.8. The summed E-state index contributed by atoms with van der Waals surface area (Å²) in [6.07, 6.45) is 1.65. The Morgan fingerprint density at radius 2 is 1.48 bits per heavy atom. The molecule has 3 N–H and O–H groups in total. The van der Waals surface area contributed by atoms with E-state index >= 15 is 0 Å². The Kier molecular flexibility index (Phi) is 4.79. The molecule has 0 fully saturated rings. The maximum absolute atomic E-state index is 11.9. The van der Waals surface area contributed by atoms with Crippen molar-refractivity contribution in [3.8, 4) is 11.3 Å². The van der Waals surface area contributed by atoms with E-state index in [-0.39, 0.29) is 16.3 Å². The minimum Gasteiger partial charge on any atom is -0.396 e. The molecule has 144 valence electrons. The SMILES string of the molecule is Nc1c(N=Nc2cccnc2-c2ccccc2)cc(S(=O)(=O)O)c2ccccc12. The molecular formula is C21H16N4O3S. The van der Waals surface area contributed by atoms with E-state index < -0.39 is 10.1 Å². The molecule has 0 saturated heterocycles. The van der Waals surface area contributed by atoms with E-state index in [0.717, 1.165) is 5.56 Å². The molecule has 0 unspecified atom stereocenters. The largest absolute Gasteiger partial charge is 0.396 e. The molecular weight excluding hydrogens is 388 g/mol. The van der Waals surface area contributed by atoms with Gasteiger partial charge >= 0.3 is 0 Å². The Hall–Kier alpha value is -3.62. The van der Waals surface area contributed by atoms with E-state index in [1.54, 1.807) is 42.6 Å². The molecule has 1 aromatic heterocycles. The topological polar surface area (TPSA) is 118 Å². The van der Waals surface area contributed by atoms with Crippen LogP contribution in [0.1, 0.15) is 0 Å². The van der Waals surface area contributed by atoms with Crippen LogP contribution in [-0.2, 0) is 10.1 Å². The number of nitrogen functional groups attached to an aromatic ring is 1. The summed E-state index contributed by atoms with van der Waals surface area (Å²) in [5, 5.41) is 9.20.